The molecule has 14 nitrogen and oxygen atoms in total. The fourth-order valence-electron chi connectivity index (χ4n) is 3.55. The third-order valence-electron chi connectivity index (χ3n) is 5.52. The van der Waals surface area contributed by atoms with E-state index in [9.17, 15) is 29.1 Å². The molecule has 4 atom stereocenters. The molecule has 10 N–H and O–H groups in total. The fraction of sp³-hybridized carbons (Fsp3) is 0.652. The summed E-state index contributed by atoms with van der Waals surface area (Å²) in [5.41, 5.74) is 11.9. The van der Waals surface area contributed by atoms with E-state index in [2.05, 4.69) is 25.9 Å². The number of imidazole rings is 1. The first-order valence-corrected chi connectivity index (χ1v) is 12.2. The molecule has 0 aliphatic rings. The molecule has 0 aliphatic heterocycles. The Kier molecular flexibility index (Phi) is 13.9. The lowest BCUT2D eigenvalue weighted by Gasteiger charge is -2.25. The largest absolute Gasteiger partial charge is 0.481 e. The van der Waals surface area contributed by atoms with Crippen molar-refractivity contribution in [1.29, 1.82) is 0 Å². The highest BCUT2D eigenvalue weighted by atomic mass is 16.4. The normalized spacial score (nSPS) is 14.3. The molecule has 0 saturated carbocycles. The zero-order valence-corrected chi connectivity index (χ0v) is 21.2. The van der Waals surface area contributed by atoms with Crippen LogP contribution >= 0.6 is 0 Å². The van der Waals surface area contributed by atoms with E-state index in [-0.39, 0.29) is 25.2 Å². The molecule has 1 aromatic rings. The van der Waals surface area contributed by atoms with E-state index in [0.29, 0.717) is 31.5 Å². The average molecular weight is 526 g/mol. The standard InChI is InChI=1S/C23H39N7O7/c1-13(2)9-15(25)20(33)30-18(10-14-11-26-12-27-14)22(35)28-16(6-7-19(31)32)21(34)29-17(23(36)37)5-3-4-8-24/h11-13,15-18H,3-10,24-25H2,1-2H3,(H,26,27)(H,28,35)(H,29,34)(H,30,33)(H,31,32)(H,36,37). The maximum absolute atomic E-state index is 13.2. The highest BCUT2D eigenvalue weighted by Crippen LogP contribution is 2.08. The number of amides is 3. The van der Waals surface area contributed by atoms with Gasteiger partial charge in [-0.15, -0.1) is 0 Å². The van der Waals surface area contributed by atoms with Crippen molar-refractivity contribution >= 4 is 29.7 Å². The average Bonchev–Trinajstić information content (AvgIpc) is 3.32. The third kappa shape index (κ3) is 12.3. The van der Waals surface area contributed by atoms with Crippen LogP contribution in [-0.2, 0) is 30.4 Å². The number of carbonyl (C=O) groups excluding carboxylic acids is 3. The molecule has 0 aromatic carbocycles. The molecule has 208 valence electrons. The number of carboxylic acid groups (broad SMARTS) is 2. The number of H-pyrrole nitrogens is 1. The number of carboxylic acids is 2. The highest BCUT2D eigenvalue weighted by molar-refractivity contribution is 5.94. The number of nitrogens with one attached hydrogen (secondary N) is 4. The number of nitrogens with zero attached hydrogens (tertiary/aromatic N) is 1. The Labute approximate surface area is 215 Å². The van der Waals surface area contributed by atoms with Gasteiger partial charge in [-0.1, -0.05) is 13.8 Å². The number of carbonyl (C=O) groups is 5. The quantitative estimate of drug-likeness (QED) is 0.107. The summed E-state index contributed by atoms with van der Waals surface area (Å²) in [4.78, 5) is 68.2. The van der Waals surface area contributed by atoms with Crippen molar-refractivity contribution in [3.8, 4) is 0 Å². The van der Waals surface area contributed by atoms with Gasteiger partial charge in [0.1, 0.15) is 18.1 Å². The van der Waals surface area contributed by atoms with Crippen molar-refractivity contribution in [3.05, 3.63) is 18.2 Å². The lowest BCUT2D eigenvalue weighted by atomic mass is 10.0. The van der Waals surface area contributed by atoms with Gasteiger partial charge >= 0.3 is 11.9 Å². The van der Waals surface area contributed by atoms with Gasteiger partial charge in [0.15, 0.2) is 0 Å². The van der Waals surface area contributed by atoms with E-state index in [4.69, 9.17) is 16.6 Å². The highest BCUT2D eigenvalue weighted by Gasteiger charge is 2.31. The van der Waals surface area contributed by atoms with Crippen molar-refractivity contribution in [2.24, 2.45) is 17.4 Å². The summed E-state index contributed by atoms with van der Waals surface area (Å²) in [5.74, 6) is -4.51. The van der Waals surface area contributed by atoms with Crippen molar-refractivity contribution in [1.82, 2.24) is 25.9 Å². The number of hydrogen-bond donors (Lipinski definition) is 8. The van der Waals surface area contributed by atoms with Gasteiger partial charge in [-0.25, -0.2) is 9.78 Å². The van der Waals surface area contributed by atoms with Crippen LogP contribution in [0.5, 0.6) is 0 Å². The second kappa shape index (κ2) is 16.3. The van der Waals surface area contributed by atoms with Crippen LogP contribution in [0.15, 0.2) is 12.5 Å². The van der Waals surface area contributed by atoms with Gasteiger partial charge in [-0.3, -0.25) is 19.2 Å². The summed E-state index contributed by atoms with van der Waals surface area (Å²) in [6, 6.07) is -4.62. The van der Waals surface area contributed by atoms with E-state index in [1.54, 1.807) is 0 Å². The first-order chi connectivity index (χ1) is 17.4. The monoisotopic (exact) mass is 525 g/mol. The molecule has 4 unspecified atom stereocenters. The summed E-state index contributed by atoms with van der Waals surface area (Å²) in [5, 5.41) is 26.0. The summed E-state index contributed by atoms with van der Waals surface area (Å²) < 4.78 is 0. The SMILES string of the molecule is CC(C)CC(N)C(=O)NC(Cc1cnc[nH]1)C(=O)NC(CCC(=O)O)C(=O)NC(CCCCN)C(=O)O. The molecule has 3 amide bonds. The summed E-state index contributed by atoms with van der Waals surface area (Å²) >= 11 is 0. The van der Waals surface area contributed by atoms with Crippen LogP contribution in [0.4, 0.5) is 0 Å². The fourth-order valence-corrected chi connectivity index (χ4v) is 3.55. The molecule has 14 heteroatoms. The van der Waals surface area contributed by atoms with Crippen LogP contribution < -0.4 is 27.4 Å². The second-order valence-electron chi connectivity index (χ2n) is 9.26. The first kappa shape index (κ1) is 31.5. The molecule has 1 heterocycles. The van der Waals surface area contributed by atoms with Gasteiger partial charge in [-0.2, -0.15) is 0 Å². The number of aromatic amines is 1. The lowest BCUT2D eigenvalue weighted by Crippen LogP contribution is -2.57. The number of unbranched alkanes of at least 4 members (excludes halogenated alkanes) is 1. The van der Waals surface area contributed by atoms with Crippen molar-refractivity contribution < 1.29 is 34.2 Å². The van der Waals surface area contributed by atoms with Gasteiger partial charge in [0.05, 0.1) is 12.4 Å². The first-order valence-electron chi connectivity index (χ1n) is 12.2. The van der Waals surface area contributed by atoms with E-state index in [1.807, 2.05) is 13.8 Å². The van der Waals surface area contributed by atoms with Crippen molar-refractivity contribution in [2.75, 3.05) is 6.54 Å². The van der Waals surface area contributed by atoms with E-state index >= 15 is 0 Å². The van der Waals surface area contributed by atoms with Crippen LogP contribution in [0.2, 0.25) is 0 Å². The maximum atomic E-state index is 13.2. The Morgan fingerprint density at radius 2 is 1.57 bits per heavy atom. The Balaban J connectivity index is 3.05. The predicted octanol–water partition coefficient (Wildman–Crippen LogP) is -1.14. The van der Waals surface area contributed by atoms with Crippen molar-refractivity contribution in [3.63, 3.8) is 0 Å². The van der Waals surface area contributed by atoms with E-state index < -0.39 is 60.2 Å². The molecule has 0 fully saturated rings. The zero-order valence-electron chi connectivity index (χ0n) is 21.2. The molecule has 1 rings (SSSR count). The van der Waals surface area contributed by atoms with Gasteiger partial charge in [0, 0.05) is 24.7 Å². The van der Waals surface area contributed by atoms with E-state index in [1.165, 1.54) is 12.5 Å². The van der Waals surface area contributed by atoms with E-state index in [0.717, 1.165) is 0 Å². The predicted molar refractivity (Wildman–Crippen MR) is 133 cm³/mol. The summed E-state index contributed by atoms with van der Waals surface area (Å²) in [6.45, 7) is 4.16. The minimum atomic E-state index is -1.36. The molecule has 0 aliphatic carbocycles. The Morgan fingerprint density at radius 1 is 0.946 bits per heavy atom. The van der Waals surface area contributed by atoms with Gasteiger partial charge in [-0.05, 0) is 44.6 Å². The smallest absolute Gasteiger partial charge is 0.326 e. The number of nitrogens with two attached hydrogens (primary N) is 2. The molecule has 0 bridgehead atoms. The van der Waals surface area contributed by atoms with Crippen molar-refractivity contribution in [2.45, 2.75) is 83.0 Å². The molecule has 1 aromatic heterocycles. The summed E-state index contributed by atoms with van der Waals surface area (Å²) in [7, 11) is 0. The maximum Gasteiger partial charge on any atom is 0.326 e. The van der Waals surface area contributed by atoms with Gasteiger partial charge in [0.25, 0.3) is 0 Å². The number of aliphatic carboxylic acids is 2. The van der Waals surface area contributed by atoms with Gasteiger partial charge < -0.3 is 42.6 Å². The van der Waals surface area contributed by atoms with Crippen LogP contribution in [-0.4, -0.2) is 80.6 Å². The number of hydrogen-bond acceptors (Lipinski definition) is 8. The Bertz CT molecular complexity index is 892. The van der Waals surface area contributed by atoms with Crippen LogP contribution in [0.25, 0.3) is 0 Å². The van der Waals surface area contributed by atoms with Gasteiger partial charge in [0.2, 0.25) is 17.7 Å². The summed E-state index contributed by atoms with van der Waals surface area (Å²) in [6.07, 6.45) is 3.63. The minimum absolute atomic E-state index is 0.00389. The van der Waals surface area contributed by atoms with Crippen LogP contribution in [0, 0.1) is 5.92 Å². The molecule has 0 radical (unpaired) electrons. The third-order valence-corrected chi connectivity index (χ3v) is 5.52. The molecular weight excluding hydrogens is 486 g/mol. The minimum Gasteiger partial charge on any atom is -0.481 e. The van der Waals surface area contributed by atoms with Crippen LogP contribution in [0.3, 0.4) is 0 Å². The Morgan fingerprint density at radius 3 is 2.11 bits per heavy atom. The Hall–Kier alpha value is -3.52. The second-order valence-corrected chi connectivity index (χ2v) is 9.26. The zero-order chi connectivity index (χ0) is 28.0. The number of rotatable bonds is 18. The topological polar surface area (TPSA) is 243 Å². The van der Waals surface area contributed by atoms with Crippen LogP contribution in [0.1, 0.15) is 58.1 Å². The lowest BCUT2D eigenvalue weighted by molar-refractivity contribution is -0.143. The molecule has 0 spiro atoms. The molecule has 0 saturated heterocycles. The molecular formula is C23H39N7O7. The molecule has 37 heavy (non-hydrogen) atoms. The number of aromatic nitrogens is 2.